The molecule has 0 bridgehead atoms. The molecule has 1 aliphatic rings. The molecule has 0 aliphatic heterocycles. The molecule has 0 radical (unpaired) electrons. The van der Waals surface area contributed by atoms with Crippen molar-refractivity contribution < 1.29 is 0 Å². The van der Waals surface area contributed by atoms with Crippen LogP contribution >= 0.6 is 23.4 Å². The lowest BCUT2D eigenvalue weighted by molar-refractivity contribution is 0.716. The van der Waals surface area contributed by atoms with Crippen LogP contribution in [0.5, 0.6) is 0 Å². The van der Waals surface area contributed by atoms with E-state index in [0.717, 1.165) is 22.0 Å². The summed E-state index contributed by atoms with van der Waals surface area (Å²) >= 11 is 7.70. The highest BCUT2D eigenvalue weighted by Gasteiger charge is 2.25. The molecule has 0 heterocycles. The first kappa shape index (κ1) is 11.1. The van der Waals surface area contributed by atoms with Crippen LogP contribution in [0.3, 0.4) is 0 Å². The molecule has 2 nitrogen and oxygen atoms in total. The van der Waals surface area contributed by atoms with Crippen molar-refractivity contribution in [2.45, 2.75) is 35.4 Å². The average molecular weight is 243 g/mol. The third kappa shape index (κ3) is 2.60. The Bertz CT molecular complexity index is 356. The van der Waals surface area contributed by atoms with Crippen LogP contribution < -0.4 is 11.5 Å². The highest BCUT2D eigenvalue weighted by molar-refractivity contribution is 8.00. The van der Waals surface area contributed by atoms with Gasteiger partial charge in [-0.05, 0) is 31.0 Å². The molecular formula is C11H15ClN2S. The molecule has 0 aromatic heterocycles. The fourth-order valence-corrected chi connectivity index (χ4v) is 3.43. The van der Waals surface area contributed by atoms with Gasteiger partial charge in [0.05, 0.1) is 0 Å². The molecule has 0 spiro atoms. The molecule has 4 heteroatoms. The minimum Gasteiger partial charge on any atom is -0.398 e. The predicted molar refractivity (Wildman–Crippen MR) is 67.3 cm³/mol. The summed E-state index contributed by atoms with van der Waals surface area (Å²) in [6.45, 7) is 0. The first-order chi connectivity index (χ1) is 7.16. The van der Waals surface area contributed by atoms with E-state index in [9.17, 15) is 0 Å². The number of rotatable bonds is 2. The van der Waals surface area contributed by atoms with Crippen LogP contribution in [0.2, 0.25) is 5.02 Å². The predicted octanol–water partition coefficient (Wildman–Crippen LogP) is 2.89. The fourth-order valence-electron chi connectivity index (χ4n) is 1.87. The van der Waals surface area contributed by atoms with Gasteiger partial charge < -0.3 is 11.5 Å². The van der Waals surface area contributed by atoms with E-state index >= 15 is 0 Å². The molecule has 1 aliphatic carbocycles. The minimum atomic E-state index is 0.299. The third-order valence-electron chi connectivity index (χ3n) is 2.76. The van der Waals surface area contributed by atoms with Crippen molar-refractivity contribution in [2.24, 2.45) is 5.73 Å². The second-order valence-corrected chi connectivity index (χ2v) is 5.65. The fraction of sp³-hybridized carbons (Fsp3) is 0.455. The lowest BCUT2D eigenvalue weighted by Gasteiger charge is -2.15. The molecule has 0 amide bonds. The second kappa shape index (κ2) is 4.64. The summed E-state index contributed by atoms with van der Waals surface area (Å²) in [6, 6.07) is 5.89. The van der Waals surface area contributed by atoms with Gasteiger partial charge in [0, 0.05) is 26.9 Å². The largest absolute Gasteiger partial charge is 0.398 e. The monoisotopic (exact) mass is 242 g/mol. The molecule has 0 saturated heterocycles. The average Bonchev–Trinajstić information content (AvgIpc) is 2.58. The summed E-state index contributed by atoms with van der Waals surface area (Å²) in [5.41, 5.74) is 12.7. The number of hydrogen-bond acceptors (Lipinski definition) is 3. The van der Waals surface area contributed by atoms with Crippen molar-refractivity contribution in [3.05, 3.63) is 23.2 Å². The van der Waals surface area contributed by atoms with Crippen molar-refractivity contribution in [1.82, 2.24) is 0 Å². The number of nitrogens with two attached hydrogens (primary N) is 2. The van der Waals surface area contributed by atoms with Gasteiger partial charge in [0.2, 0.25) is 0 Å². The Morgan fingerprint density at radius 1 is 1.33 bits per heavy atom. The van der Waals surface area contributed by atoms with E-state index in [2.05, 4.69) is 0 Å². The van der Waals surface area contributed by atoms with Crippen molar-refractivity contribution in [3.63, 3.8) is 0 Å². The number of thioether (sulfide) groups is 1. The van der Waals surface area contributed by atoms with Gasteiger partial charge in [-0.1, -0.05) is 18.0 Å². The number of halogens is 1. The summed E-state index contributed by atoms with van der Waals surface area (Å²) in [5.74, 6) is 0. The molecule has 2 rings (SSSR count). The summed E-state index contributed by atoms with van der Waals surface area (Å²) in [4.78, 5) is 1.06. The van der Waals surface area contributed by atoms with Crippen LogP contribution in [0.15, 0.2) is 23.1 Å². The summed E-state index contributed by atoms with van der Waals surface area (Å²) in [5, 5.41) is 1.23. The van der Waals surface area contributed by atoms with E-state index in [0.29, 0.717) is 11.3 Å². The van der Waals surface area contributed by atoms with Gasteiger partial charge in [-0.25, -0.2) is 0 Å². The molecule has 15 heavy (non-hydrogen) atoms. The zero-order valence-electron chi connectivity index (χ0n) is 8.45. The zero-order valence-corrected chi connectivity index (χ0v) is 10.0. The molecule has 82 valence electrons. The number of hydrogen-bond donors (Lipinski definition) is 2. The molecule has 2 unspecified atom stereocenters. The van der Waals surface area contributed by atoms with Gasteiger partial charge in [0.1, 0.15) is 0 Å². The van der Waals surface area contributed by atoms with Crippen LogP contribution in [-0.4, -0.2) is 11.3 Å². The summed E-state index contributed by atoms with van der Waals surface area (Å²) in [6.07, 6.45) is 3.52. The molecule has 1 fully saturated rings. The summed E-state index contributed by atoms with van der Waals surface area (Å²) in [7, 11) is 0. The van der Waals surface area contributed by atoms with Crippen LogP contribution in [0, 0.1) is 0 Å². The standard InChI is InChI=1S/C11H15ClN2S/c12-7-4-5-9(14)11(6-7)15-10-3-1-2-8(10)13/h4-6,8,10H,1-3,13-14H2. The van der Waals surface area contributed by atoms with Crippen LogP contribution in [0.4, 0.5) is 5.69 Å². The lowest BCUT2D eigenvalue weighted by Crippen LogP contribution is -2.26. The third-order valence-corrected chi connectivity index (χ3v) is 4.49. The first-order valence-electron chi connectivity index (χ1n) is 5.14. The van der Waals surface area contributed by atoms with Crippen LogP contribution in [0.25, 0.3) is 0 Å². The van der Waals surface area contributed by atoms with Crippen molar-refractivity contribution in [3.8, 4) is 0 Å². The molecule has 2 atom stereocenters. The minimum absolute atomic E-state index is 0.299. The van der Waals surface area contributed by atoms with Crippen LogP contribution in [-0.2, 0) is 0 Å². The van der Waals surface area contributed by atoms with E-state index in [-0.39, 0.29) is 0 Å². The van der Waals surface area contributed by atoms with Gasteiger partial charge >= 0.3 is 0 Å². The Labute approximate surface area is 99.4 Å². The molecule has 1 aromatic rings. The maximum Gasteiger partial charge on any atom is 0.0453 e. The Kier molecular flexibility index (Phi) is 3.44. The van der Waals surface area contributed by atoms with Gasteiger partial charge in [-0.3, -0.25) is 0 Å². The van der Waals surface area contributed by atoms with Crippen molar-refractivity contribution >= 4 is 29.1 Å². The lowest BCUT2D eigenvalue weighted by atomic mass is 10.3. The van der Waals surface area contributed by atoms with Gasteiger partial charge in [-0.2, -0.15) is 0 Å². The Balaban J connectivity index is 2.12. The van der Waals surface area contributed by atoms with Crippen molar-refractivity contribution in [1.29, 1.82) is 0 Å². The molecular weight excluding hydrogens is 228 g/mol. The highest BCUT2D eigenvalue weighted by atomic mass is 35.5. The SMILES string of the molecule is Nc1ccc(Cl)cc1SC1CCCC1N. The first-order valence-corrected chi connectivity index (χ1v) is 6.40. The highest BCUT2D eigenvalue weighted by Crippen LogP contribution is 2.37. The van der Waals surface area contributed by atoms with E-state index in [1.165, 1.54) is 12.8 Å². The molecule has 1 saturated carbocycles. The quantitative estimate of drug-likeness (QED) is 0.785. The zero-order chi connectivity index (χ0) is 10.8. The van der Waals surface area contributed by atoms with Crippen LogP contribution in [0.1, 0.15) is 19.3 Å². The van der Waals surface area contributed by atoms with Crippen molar-refractivity contribution in [2.75, 3.05) is 5.73 Å². The number of anilines is 1. The van der Waals surface area contributed by atoms with E-state index in [1.54, 1.807) is 11.8 Å². The van der Waals surface area contributed by atoms with Gasteiger partial charge in [-0.15, -0.1) is 11.8 Å². The Morgan fingerprint density at radius 2 is 2.13 bits per heavy atom. The maximum absolute atomic E-state index is 6.02. The Hall–Kier alpha value is -0.380. The second-order valence-electron chi connectivity index (χ2n) is 3.93. The number of benzene rings is 1. The van der Waals surface area contributed by atoms with E-state index < -0.39 is 0 Å². The Morgan fingerprint density at radius 3 is 2.80 bits per heavy atom. The molecule has 4 N–H and O–H groups in total. The van der Waals surface area contributed by atoms with Gasteiger partial charge in [0.15, 0.2) is 0 Å². The summed E-state index contributed by atoms with van der Waals surface area (Å²) < 4.78 is 0. The van der Waals surface area contributed by atoms with E-state index in [4.69, 9.17) is 23.1 Å². The van der Waals surface area contributed by atoms with E-state index in [1.807, 2.05) is 18.2 Å². The normalized spacial score (nSPS) is 25.7. The maximum atomic E-state index is 6.02. The number of nitrogen functional groups attached to an aromatic ring is 1. The smallest absolute Gasteiger partial charge is 0.0453 e. The van der Waals surface area contributed by atoms with Gasteiger partial charge in [0.25, 0.3) is 0 Å². The molecule has 1 aromatic carbocycles. The topological polar surface area (TPSA) is 52.0 Å².